The fourth-order valence-corrected chi connectivity index (χ4v) is 12.8. The predicted molar refractivity (Wildman–Crippen MR) is 528 cm³/mol. The van der Waals surface area contributed by atoms with Crippen LogP contribution in [0, 0.1) is 102 Å². The second kappa shape index (κ2) is 79.2. The molecule has 1 unspecified atom stereocenters. The zero-order valence-electron chi connectivity index (χ0n) is 90.1. The molecule has 119 heavy (non-hydrogen) atoms. The number of aryl methyl sites for hydroxylation is 1. The number of unbranched alkanes of at least 4 members (excludes halogenated alkanes) is 2. The van der Waals surface area contributed by atoms with Crippen LogP contribution in [0.5, 0.6) is 0 Å². The van der Waals surface area contributed by atoms with E-state index in [1.807, 2.05) is 96.9 Å². The maximum Gasteiger partial charge on any atom is 0.311 e. The summed E-state index contributed by atoms with van der Waals surface area (Å²) in [7, 11) is 0. The van der Waals surface area contributed by atoms with E-state index in [1.165, 1.54) is 75.3 Å². The second-order valence-electron chi connectivity index (χ2n) is 44.7. The highest BCUT2D eigenvalue weighted by atomic mass is 16.7. The minimum absolute atomic E-state index is 0.196. The molecule has 0 aromatic heterocycles. The SMILES string of the molecule is CC.CC(C)(C)C(=O)C(C)(C)C.CC(C)(C)CC(C)(C)C.CC(C)(C)CC(C)(C)C.CC(C)(C)CC(C)(C)C.CC(C)C(=O)C(C)C.CC(C)C(=O)OCOC(=O)C(C)C.CC(C)CC(C)C.CC(C)CC(C)C.CC(C)CC(C)C.CC(CCc1ccccc1)c1ccccc1.CCC(=O)CC.CCC(=O)OCOC(=O)CC.CCCCC. The zero-order chi connectivity index (χ0) is 97.5. The van der Waals surface area contributed by atoms with Crippen LogP contribution in [0.3, 0.4) is 0 Å². The van der Waals surface area contributed by atoms with E-state index in [4.69, 9.17) is 0 Å². The van der Waals surface area contributed by atoms with Crippen molar-refractivity contribution in [1.82, 2.24) is 0 Å². The van der Waals surface area contributed by atoms with Gasteiger partial charge in [-0.2, -0.15) is 0 Å². The Bertz CT molecular complexity index is 2380. The summed E-state index contributed by atoms with van der Waals surface area (Å²) in [5.41, 5.74) is 5.39. The van der Waals surface area contributed by atoms with Crippen molar-refractivity contribution in [3.8, 4) is 0 Å². The van der Waals surface area contributed by atoms with Gasteiger partial charge < -0.3 is 18.9 Å². The minimum Gasteiger partial charge on any atom is -0.428 e. The fourth-order valence-electron chi connectivity index (χ4n) is 12.8. The number of hydrogen-bond acceptors (Lipinski definition) is 11. The van der Waals surface area contributed by atoms with E-state index >= 15 is 0 Å². The smallest absolute Gasteiger partial charge is 0.311 e. The van der Waals surface area contributed by atoms with Crippen LogP contribution < -0.4 is 0 Å². The van der Waals surface area contributed by atoms with Crippen LogP contribution in [-0.2, 0) is 58.9 Å². The number of hydrogen-bond donors (Lipinski definition) is 0. The lowest BCUT2D eigenvalue weighted by atomic mass is 9.76. The van der Waals surface area contributed by atoms with Gasteiger partial charge in [-0.1, -0.05) is 447 Å². The maximum atomic E-state index is 11.5. The van der Waals surface area contributed by atoms with Crippen LogP contribution >= 0.6 is 0 Å². The lowest BCUT2D eigenvalue weighted by molar-refractivity contribution is -0.172. The van der Waals surface area contributed by atoms with Crippen LogP contribution in [0.2, 0.25) is 0 Å². The molecule has 0 amide bonds. The van der Waals surface area contributed by atoms with Gasteiger partial charge >= 0.3 is 23.9 Å². The summed E-state index contributed by atoms with van der Waals surface area (Å²) >= 11 is 0. The molecule has 11 heteroatoms. The molecular weight excluding hydrogens is 1470 g/mol. The van der Waals surface area contributed by atoms with Crippen molar-refractivity contribution in [2.75, 3.05) is 13.6 Å². The molecule has 0 bridgehead atoms. The van der Waals surface area contributed by atoms with Crippen molar-refractivity contribution >= 4 is 41.2 Å². The number of carbonyl (C=O) groups excluding carboxylic acids is 7. The van der Waals surface area contributed by atoms with Gasteiger partial charge in [-0.15, -0.1) is 0 Å². The Morgan fingerprint density at radius 2 is 0.546 bits per heavy atom. The standard InChI is InChI=1S/C16H18.C9H16O4.C9H18O.3C9H20.C7H12O4.C7H14O.3C7H16.C5H10O.C5H12.C2H6/c1-14(16-10-6-3-7-11-16)12-13-15-8-4-2-5-9-15;1-6(2)8(10)12-5-13-9(11)7(3)4;1-8(2,3)7(10)9(4,5)6;3*1-8(2,3)7-9(4,5)6;1-3-6(8)10-5-11-7(9)4-2;1-5(2)7(8)6(3)4;3*1-6(2)5-7(3)4;1-3-5(6)4-2;1-3-5-4-2;1-2/h2-11,14H,12-13H2,1H3;6-7H,5H2,1-4H3;1-6H3;3*7H2,1-6H3;3-5H2,1-2H3;5-6H,1-4H3;3*6-7H,5H2,1-4H3;3-4H2,1-2H3;3-5H2,1-2H3;1-2H3. The molecule has 0 fully saturated rings. The van der Waals surface area contributed by atoms with Gasteiger partial charge in [-0.3, -0.25) is 33.6 Å². The molecule has 0 aliphatic rings. The van der Waals surface area contributed by atoms with Gasteiger partial charge in [0.1, 0.15) is 17.3 Å². The Labute approximate surface area is 746 Å². The molecule has 1 atom stereocenters. The Morgan fingerprint density at radius 1 is 0.311 bits per heavy atom. The van der Waals surface area contributed by atoms with E-state index in [0.29, 0.717) is 81.4 Å². The third-order valence-electron chi connectivity index (χ3n) is 15.4. The van der Waals surface area contributed by atoms with Gasteiger partial charge in [0.2, 0.25) is 13.6 Å². The van der Waals surface area contributed by atoms with Gasteiger partial charge in [-0.25, -0.2) is 0 Å². The average Bonchev–Trinajstić information content (AvgIpc) is 0.852. The van der Waals surface area contributed by atoms with E-state index < -0.39 is 0 Å². The summed E-state index contributed by atoms with van der Waals surface area (Å²) in [5, 5.41) is 0. The van der Waals surface area contributed by atoms with Gasteiger partial charge in [0.25, 0.3) is 0 Å². The Kier molecular flexibility index (Phi) is 93.4. The summed E-state index contributed by atoms with van der Waals surface area (Å²) in [5.74, 6) is 5.46. The first-order valence-electron chi connectivity index (χ1n) is 46.8. The molecule has 0 spiro atoms. The number of rotatable bonds is 24. The predicted octanol–water partition coefficient (Wildman–Crippen LogP) is 34.2. The molecule has 2 aromatic rings. The van der Waals surface area contributed by atoms with Crippen molar-refractivity contribution in [1.29, 1.82) is 0 Å². The Hall–Kier alpha value is -4.67. The monoisotopic (exact) mass is 1690 g/mol. The quantitative estimate of drug-likeness (QED) is 0.0728. The number of benzene rings is 2. The molecule has 0 saturated heterocycles. The van der Waals surface area contributed by atoms with E-state index in [-0.39, 0.29) is 72.0 Å². The van der Waals surface area contributed by atoms with E-state index in [9.17, 15) is 33.6 Å². The molecule has 712 valence electrons. The topological polar surface area (TPSA) is 156 Å². The normalized spacial score (nSPS) is 11.4. The van der Waals surface area contributed by atoms with Gasteiger partial charge in [0.15, 0.2) is 0 Å². The summed E-state index contributed by atoms with van der Waals surface area (Å²) in [4.78, 5) is 75.2. The molecule has 0 aliphatic carbocycles. The molecule has 2 aromatic carbocycles. The number of Topliss-reactive ketones (excluding diaryl/α,β-unsaturated/α-hetero) is 3. The van der Waals surface area contributed by atoms with Crippen LogP contribution in [0.4, 0.5) is 0 Å². The summed E-state index contributed by atoms with van der Waals surface area (Å²) < 4.78 is 18.2. The van der Waals surface area contributed by atoms with E-state index in [1.54, 1.807) is 41.5 Å². The molecular formula is C108H214O11. The van der Waals surface area contributed by atoms with Crippen molar-refractivity contribution in [2.45, 2.75) is 469 Å². The van der Waals surface area contributed by atoms with Crippen LogP contribution in [0.25, 0.3) is 0 Å². The van der Waals surface area contributed by atoms with Crippen molar-refractivity contribution in [2.24, 2.45) is 102 Å². The first kappa shape index (κ1) is 140. The van der Waals surface area contributed by atoms with Gasteiger partial charge in [-0.05, 0) is 136 Å². The van der Waals surface area contributed by atoms with Gasteiger partial charge in [0, 0.05) is 48.3 Å². The largest absolute Gasteiger partial charge is 0.428 e. The molecule has 0 saturated carbocycles. The lowest BCUT2D eigenvalue weighted by Gasteiger charge is -2.28. The lowest BCUT2D eigenvalue weighted by Crippen LogP contribution is -2.32. The number of carbonyl (C=O) groups is 7. The van der Waals surface area contributed by atoms with Crippen LogP contribution in [0.15, 0.2) is 60.7 Å². The maximum absolute atomic E-state index is 11.5. The molecule has 2 rings (SSSR count). The average molecular weight is 1690 g/mol. The molecule has 0 aliphatic heterocycles. The number of ketones is 3. The highest BCUT2D eigenvalue weighted by Crippen LogP contribution is 2.34. The van der Waals surface area contributed by atoms with Crippen LogP contribution in [0.1, 0.15) is 474 Å². The first-order chi connectivity index (χ1) is 53.4. The third-order valence-corrected chi connectivity index (χ3v) is 15.4. The van der Waals surface area contributed by atoms with Crippen molar-refractivity contribution in [3.05, 3.63) is 71.8 Å². The first-order valence-corrected chi connectivity index (χ1v) is 46.8. The van der Waals surface area contributed by atoms with E-state index in [0.717, 1.165) is 41.9 Å². The van der Waals surface area contributed by atoms with Crippen molar-refractivity contribution in [3.63, 3.8) is 0 Å². The number of esters is 4. The summed E-state index contributed by atoms with van der Waals surface area (Å²) in [6.07, 6.45) is 16.4. The molecule has 0 heterocycles. The highest BCUT2D eigenvalue weighted by molar-refractivity contribution is 5.88. The molecule has 0 N–H and O–H groups in total. The molecule has 11 nitrogen and oxygen atoms in total. The Morgan fingerprint density at radius 3 is 0.681 bits per heavy atom. The number of ether oxygens (including phenoxy) is 4. The second-order valence-corrected chi connectivity index (χ2v) is 44.7. The summed E-state index contributed by atoms with van der Waals surface area (Å²) in [6, 6.07) is 21.5. The Balaban J connectivity index is -0.000000105. The van der Waals surface area contributed by atoms with Crippen molar-refractivity contribution < 1.29 is 52.5 Å². The fraction of sp³-hybridized carbons (Fsp3) is 0.824. The zero-order valence-corrected chi connectivity index (χ0v) is 90.1. The van der Waals surface area contributed by atoms with E-state index in [2.05, 4.69) is 308 Å². The third kappa shape index (κ3) is 140. The summed E-state index contributed by atoms with van der Waals surface area (Å²) in [6.45, 7) is 112. The highest BCUT2D eigenvalue weighted by Gasteiger charge is 2.32. The van der Waals surface area contributed by atoms with Gasteiger partial charge in [0.05, 0.1) is 11.8 Å². The molecule has 0 radical (unpaired) electrons. The van der Waals surface area contributed by atoms with Crippen LogP contribution in [-0.4, -0.2) is 54.8 Å². The minimum atomic E-state index is -0.367.